The third kappa shape index (κ3) is 5.06. The van der Waals surface area contributed by atoms with Crippen molar-refractivity contribution in [2.45, 2.75) is 70.8 Å². The monoisotopic (exact) mass is 490 g/mol. The molecular weight excluding hydrogens is 451 g/mol. The quantitative estimate of drug-likeness (QED) is 0.401. The van der Waals surface area contributed by atoms with Crippen LogP contribution in [0.1, 0.15) is 80.6 Å². The van der Waals surface area contributed by atoms with Gasteiger partial charge in [0.1, 0.15) is 5.82 Å². The van der Waals surface area contributed by atoms with Crippen LogP contribution in [0.4, 0.5) is 4.39 Å². The predicted molar refractivity (Wildman–Crippen MR) is 143 cm³/mol. The number of aromatic nitrogens is 2. The smallest absolute Gasteiger partial charge is 0.256 e. The number of hydrogen-bond donors (Lipinski definition) is 0. The third-order valence-electron chi connectivity index (χ3n) is 8.45. The molecule has 1 amide bonds. The molecule has 0 spiro atoms. The number of hydrogen-bond acceptors (Lipinski definition) is 3. The van der Waals surface area contributed by atoms with Crippen molar-refractivity contribution in [2.75, 3.05) is 26.7 Å². The van der Waals surface area contributed by atoms with Crippen molar-refractivity contribution in [2.24, 2.45) is 5.92 Å². The minimum atomic E-state index is -0.403. The van der Waals surface area contributed by atoms with Gasteiger partial charge in [-0.3, -0.25) is 9.78 Å². The molecule has 0 radical (unpaired) electrons. The average molecular weight is 491 g/mol. The Morgan fingerprint density at radius 1 is 1.11 bits per heavy atom. The Labute approximate surface area is 214 Å². The van der Waals surface area contributed by atoms with Crippen LogP contribution in [0.3, 0.4) is 0 Å². The highest BCUT2D eigenvalue weighted by Gasteiger charge is 2.27. The summed E-state index contributed by atoms with van der Waals surface area (Å²) >= 11 is 0. The first-order chi connectivity index (χ1) is 17.4. The summed E-state index contributed by atoms with van der Waals surface area (Å²) in [6, 6.07) is 6.63. The van der Waals surface area contributed by atoms with Gasteiger partial charge in [0, 0.05) is 37.4 Å². The molecule has 0 N–H and O–H groups in total. The molecule has 0 atom stereocenters. The highest BCUT2D eigenvalue weighted by molar-refractivity contribution is 5.99. The molecule has 2 aromatic heterocycles. The molecule has 6 heteroatoms. The number of nitrogens with zero attached hydrogens (tertiary/aromatic N) is 4. The van der Waals surface area contributed by atoms with E-state index in [9.17, 15) is 9.18 Å². The average Bonchev–Trinajstić information content (AvgIpc) is 3.28. The zero-order valence-corrected chi connectivity index (χ0v) is 21.9. The molecule has 0 bridgehead atoms. The summed E-state index contributed by atoms with van der Waals surface area (Å²) in [5.41, 5.74) is 3.35. The number of carbonyl (C=O) groups excluding carboxylic acids is 1. The third-order valence-corrected chi connectivity index (χ3v) is 8.45. The Morgan fingerprint density at radius 2 is 1.86 bits per heavy atom. The number of piperidine rings is 1. The van der Waals surface area contributed by atoms with Crippen molar-refractivity contribution in [1.29, 1.82) is 0 Å². The lowest BCUT2D eigenvalue weighted by Gasteiger charge is -2.35. The SMILES string of the molecule is CC(C)N(C)C(=O)c1cc(F)ccc1-n1cc(C2CCN(CC3CCCCC3)CC2)c2ccncc21. The second-order valence-corrected chi connectivity index (χ2v) is 11.1. The first-order valence-electron chi connectivity index (χ1n) is 13.7. The molecule has 1 aliphatic heterocycles. The maximum Gasteiger partial charge on any atom is 0.256 e. The predicted octanol–water partition coefficient (Wildman–Crippen LogP) is 6.40. The Balaban J connectivity index is 1.44. The summed E-state index contributed by atoms with van der Waals surface area (Å²) in [6.45, 7) is 7.45. The lowest BCUT2D eigenvalue weighted by molar-refractivity contribution is 0.0754. The molecule has 5 rings (SSSR count). The fraction of sp³-hybridized carbons (Fsp3) is 0.533. The standard InChI is InChI=1S/C30H39FN4O/c1-21(2)33(3)30(36)26-17-24(31)9-10-28(26)35-20-27(25-11-14-32-18-29(25)35)23-12-15-34(16-13-23)19-22-7-5-4-6-8-22/h9-11,14,17-18,20-23H,4-8,12-13,15-16,19H2,1-3H3. The molecule has 0 unspecified atom stereocenters. The van der Waals surface area contributed by atoms with Crippen molar-refractivity contribution in [3.8, 4) is 5.69 Å². The summed E-state index contributed by atoms with van der Waals surface area (Å²) in [5.74, 6) is 0.764. The number of carbonyl (C=O) groups is 1. The molecular formula is C30H39FN4O. The van der Waals surface area contributed by atoms with Crippen LogP contribution in [-0.4, -0.2) is 58.0 Å². The highest BCUT2D eigenvalue weighted by Crippen LogP contribution is 2.37. The fourth-order valence-corrected chi connectivity index (χ4v) is 6.10. The maximum absolute atomic E-state index is 14.3. The Hall–Kier alpha value is -2.73. The van der Waals surface area contributed by atoms with E-state index in [1.165, 1.54) is 61.7 Å². The van der Waals surface area contributed by atoms with Crippen LogP contribution >= 0.6 is 0 Å². The zero-order valence-electron chi connectivity index (χ0n) is 21.9. The Bertz CT molecular complexity index is 1200. The van der Waals surface area contributed by atoms with Gasteiger partial charge in [0.25, 0.3) is 5.91 Å². The first kappa shape index (κ1) is 24.9. The summed E-state index contributed by atoms with van der Waals surface area (Å²) in [6.07, 6.45) is 15.2. The number of rotatable bonds is 6. The number of benzene rings is 1. The lowest BCUT2D eigenvalue weighted by Crippen LogP contribution is -2.37. The van der Waals surface area contributed by atoms with Crippen molar-refractivity contribution >= 4 is 16.8 Å². The van der Waals surface area contributed by atoms with Gasteiger partial charge < -0.3 is 14.4 Å². The summed E-state index contributed by atoms with van der Waals surface area (Å²) in [7, 11) is 1.77. The maximum atomic E-state index is 14.3. The number of halogens is 1. The van der Waals surface area contributed by atoms with Crippen LogP contribution in [0.2, 0.25) is 0 Å². The minimum Gasteiger partial charge on any atom is -0.339 e. The molecule has 192 valence electrons. The molecule has 2 fully saturated rings. The molecule has 2 aliphatic rings. The lowest BCUT2D eigenvalue weighted by atomic mass is 9.86. The number of fused-ring (bicyclic) bond motifs is 1. The Morgan fingerprint density at radius 3 is 2.58 bits per heavy atom. The molecule has 1 saturated heterocycles. The van der Waals surface area contributed by atoms with Gasteiger partial charge >= 0.3 is 0 Å². The molecule has 1 aliphatic carbocycles. The van der Waals surface area contributed by atoms with Gasteiger partial charge in [0.05, 0.1) is 23.0 Å². The summed E-state index contributed by atoms with van der Waals surface area (Å²) in [5, 5.41) is 1.18. The van der Waals surface area contributed by atoms with Crippen molar-refractivity contribution in [1.82, 2.24) is 19.4 Å². The van der Waals surface area contributed by atoms with Gasteiger partial charge in [0.2, 0.25) is 0 Å². The van der Waals surface area contributed by atoms with Crippen LogP contribution in [0, 0.1) is 11.7 Å². The van der Waals surface area contributed by atoms with E-state index in [-0.39, 0.29) is 11.9 Å². The van der Waals surface area contributed by atoms with E-state index in [1.807, 2.05) is 30.8 Å². The normalized spacial score (nSPS) is 18.2. The van der Waals surface area contributed by atoms with Gasteiger partial charge in [-0.15, -0.1) is 0 Å². The number of likely N-dealkylation sites (tertiary alicyclic amines) is 1. The fourth-order valence-electron chi connectivity index (χ4n) is 6.10. The van der Waals surface area contributed by atoms with Crippen LogP contribution in [0.5, 0.6) is 0 Å². The van der Waals surface area contributed by atoms with E-state index >= 15 is 0 Å². The van der Waals surface area contributed by atoms with Gasteiger partial charge in [-0.25, -0.2) is 4.39 Å². The van der Waals surface area contributed by atoms with Crippen molar-refractivity contribution < 1.29 is 9.18 Å². The first-order valence-corrected chi connectivity index (χ1v) is 13.7. The second kappa shape index (κ2) is 10.7. The molecule has 3 aromatic rings. The van der Waals surface area contributed by atoms with Crippen molar-refractivity contribution in [3.63, 3.8) is 0 Å². The largest absolute Gasteiger partial charge is 0.339 e. The van der Waals surface area contributed by atoms with E-state index in [2.05, 4.69) is 22.1 Å². The van der Waals surface area contributed by atoms with Gasteiger partial charge in [-0.1, -0.05) is 19.3 Å². The molecule has 1 saturated carbocycles. The molecule has 36 heavy (non-hydrogen) atoms. The Kier molecular flexibility index (Phi) is 7.42. The highest BCUT2D eigenvalue weighted by atomic mass is 19.1. The topological polar surface area (TPSA) is 41.4 Å². The van der Waals surface area contributed by atoms with Gasteiger partial charge in [-0.05, 0) is 94.3 Å². The number of amides is 1. The number of pyridine rings is 1. The zero-order chi connectivity index (χ0) is 25.2. The van der Waals surface area contributed by atoms with Crippen molar-refractivity contribution in [3.05, 3.63) is 59.8 Å². The summed E-state index contributed by atoms with van der Waals surface area (Å²) < 4.78 is 16.4. The molecule has 1 aromatic carbocycles. The van der Waals surface area contributed by atoms with Gasteiger partial charge in [-0.2, -0.15) is 0 Å². The van der Waals surface area contributed by atoms with E-state index in [1.54, 1.807) is 18.0 Å². The minimum absolute atomic E-state index is 0.0195. The van der Waals surface area contributed by atoms with Crippen LogP contribution < -0.4 is 0 Å². The van der Waals surface area contributed by atoms with Crippen LogP contribution in [-0.2, 0) is 0 Å². The van der Waals surface area contributed by atoms with E-state index < -0.39 is 5.82 Å². The second-order valence-electron chi connectivity index (χ2n) is 11.1. The molecule has 3 heterocycles. The van der Waals surface area contributed by atoms with Crippen LogP contribution in [0.15, 0.2) is 42.9 Å². The van der Waals surface area contributed by atoms with E-state index in [0.717, 1.165) is 37.4 Å². The van der Waals surface area contributed by atoms with Gasteiger partial charge in [0.15, 0.2) is 0 Å². The van der Waals surface area contributed by atoms with Crippen LogP contribution in [0.25, 0.3) is 16.6 Å². The molecule has 5 nitrogen and oxygen atoms in total. The van der Waals surface area contributed by atoms with E-state index in [0.29, 0.717) is 17.2 Å². The van der Waals surface area contributed by atoms with E-state index in [4.69, 9.17) is 0 Å². The summed E-state index contributed by atoms with van der Waals surface area (Å²) in [4.78, 5) is 22.0.